The Kier molecular flexibility index (Phi) is 6.10. The second-order valence-corrected chi connectivity index (χ2v) is 9.83. The maximum absolute atomic E-state index is 14.3. The molecule has 1 aromatic rings. The number of carbonyl (C=O) groups is 2. The molecule has 0 aromatic heterocycles. The van der Waals surface area contributed by atoms with Gasteiger partial charge in [-0.3, -0.25) is 4.79 Å². The Balaban J connectivity index is 1.69. The van der Waals surface area contributed by atoms with Crippen molar-refractivity contribution in [1.29, 1.82) is 0 Å². The molecule has 0 spiro atoms. The van der Waals surface area contributed by atoms with Crippen LogP contribution in [0.3, 0.4) is 0 Å². The maximum Gasteiger partial charge on any atom is 0.410 e. The standard InChI is InChI=1S/C22H33FN4O4/c1-21(2,3)31-20(29)26-8-6-25(7-9-26)17-11-15-14(10-16(17)24)12-27(19(15)28)13-18(23)22(4,5)30/h10-11,18,30H,6-9,12-13,24H2,1-5H3/t18-/m1/s1. The van der Waals surface area contributed by atoms with Crippen LogP contribution in [0.4, 0.5) is 20.6 Å². The van der Waals surface area contributed by atoms with Crippen LogP contribution in [0.1, 0.15) is 50.5 Å². The number of anilines is 2. The number of nitrogen functional groups attached to an aromatic ring is 1. The van der Waals surface area contributed by atoms with Gasteiger partial charge >= 0.3 is 6.09 Å². The number of hydrogen-bond donors (Lipinski definition) is 2. The summed E-state index contributed by atoms with van der Waals surface area (Å²) in [6.45, 7) is 10.5. The number of nitrogens with two attached hydrogens (primary N) is 1. The van der Waals surface area contributed by atoms with Crippen molar-refractivity contribution in [3.63, 3.8) is 0 Å². The molecule has 1 saturated heterocycles. The maximum atomic E-state index is 14.3. The molecule has 2 aliphatic heterocycles. The van der Waals surface area contributed by atoms with E-state index in [4.69, 9.17) is 10.5 Å². The molecule has 8 nitrogen and oxygen atoms in total. The summed E-state index contributed by atoms with van der Waals surface area (Å²) >= 11 is 0. The molecule has 0 aliphatic carbocycles. The van der Waals surface area contributed by atoms with Crippen molar-refractivity contribution in [3.8, 4) is 0 Å². The largest absolute Gasteiger partial charge is 0.444 e. The zero-order valence-electron chi connectivity index (χ0n) is 18.9. The molecule has 1 fully saturated rings. The first kappa shape index (κ1) is 23.1. The normalized spacial score (nSPS) is 18.3. The predicted octanol–water partition coefficient (Wildman–Crippen LogP) is 2.39. The number of piperazine rings is 1. The monoisotopic (exact) mass is 436 g/mol. The first-order valence-electron chi connectivity index (χ1n) is 10.6. The van der Waals surface area contributed by atoms with Gasteiger partial charge in [-0.2, -0.15) is 0 Å². The lowest BCUT2D eigenvalue weighted by Gasteiger charge is -2.37. The van der Waals surface area contributed by atoms with E-state index in [0.29, 0.717) is 37.4 Å². The van der Waals surface area contributed by atoms with Crippen molar-refractivity contribution in [2.75, 3.05) is 43.4 Å². The summed E-state index contributed by atoms with van der Waals surface area (Å²) in [4.78, 5) is 30.2. The second-order valence-electron chi connectivity index (χ2n) is 9.83. The Morgan fingerprint density at radius 1 is 1.19 bits per heavy atom. The third kappa shape index (κ3) is 5.20. The Labute approximate surface area is 182 Å². The number of ether oxygens (including phenoxy) is 1. The predicted molar refractivity (Wildman–Crippen MR) is 117 cm³/mol. The van der Waals surface area contributed by atoms with Gasteiger partial charge in [0, 0.05) is 38.3 Å². The molecule has 2 aliphatic rings. The number of amides is 2. The van der Waals surface area contributed by atoms with E-state index in [1.165, 1.54) is 18.7 Å². The van der Waals surface area contributed by atoms with E-state index in [1.807, 2.05) is 25.7 Å². The fourth-order valence-electron chi connectivity index (χ4n) is 3.72. The molecule has 0 bridgehead atoms. The van der Waals surface area contributed by atoms with Crippen LogP contribution in [0.2, 0.25) is 0 Å². The van der Waals surface area contributed by atoms with Crippen LogP contribution in [0.5, 0.6) is 0 Å². The highest BCUT2D eigenvalue weighted by atomic mass is 19.1. The molecule has 1 atom stereocenters. The summed E-state index contributed by atoms with van der Waals surface area (Å²) in [5, 5.41) is 9.85. The first-order valence-corrected chi connectivity index (χ1v) is 10.6. The van der Waals surface area contributed by atoms with E-state index in [9.17, 15) is 19.1 Å². The van der Waals surface area contributed by atoms with Crippen molar-refractivity contribution in [2.24, 2.45) is 0 Å². The summed E-state index contributed by atoms with van der Waals surface area (Å²) < 4.78 is 19.7. The Morgan fingerprint density at radius 2 is 1.81 bits per heavy atom. The highest BCUT2D eigenvalue weighted by Gasteiger charge is 2.35. The van der Waals surface area contributed by atoms with E-state index >= 15 is 0 Å². The Hall–Kier alpha value is -2.55. The Morgan fingerprint density at radius 3 is 2.35 bits per heavy atom. The van der Waals surface area contributed by atoms with Gasteiger partial charge in [-0.15, -0.1) is 0 Å². The van der Waals surface area contributed by atoms with Gasteiger partial charge in [0.1, 0.15) is 11.8 Å². The van der Waals surface area contributed by atoms with Crippen LogP contribution >= 0.6 is 0 Å². The number of alkyl halides is 1. The lowest BCUT2D eigenvalue weighted by molar-refractivity contribution is -0.0159. The van der Waals surface area contributed by atoms with E-state index < -0.39 is 17.4 Å². The quantitative estimate of drug-likeness (QED) is 0.703. The van der Waals surface area contributed by atoms with Gasteiger partial charge in [-0.1, -0.05) is 0 Å². The molecule has 3 N–H and O–H groups in total. The number of fused-ring (bicyclic) bond motifs is 1. The van der Waals surface area contributed by atoms with Gasteiger partial charge < -0.3 is 30.3 Å². The molecule has 9 heteroatoms. The molecule has 1 aromatic carbocycles. The molecule has 172 valence electrons. The number of nitrogens with zero attached hydrogens (tertiary/aromatic N) is 3. The van der Waals surface area contributed by atoms with Crippen LogP contribution in [-0.2, 0) is 11.3 Å². The van der Waals surface area contributed by atoms with E-state index in [0.717, 1.165) is 11.3 Å². The molecular formula is C22H33FN4O4. The third-order valence-electron chi connectivity index (χ3n) is 5.55. The molecule has 2 heterocycles. The van der Waals surface area contributed by atoms with Crippen molar-refractivity contribution in [1.82, 2.24) is 9.80 Å². The highest BCUT2D eigenvalue weighted by Crippen LogP contribution is 2.34. The highest BCUT2D eigenvalue weighted by molar-refractivity contribution is 6.00. The second kappa shape index (κ2) is 8.18. The average molecular weight is 437 g/mol. The van der Waals surface area contributed by atoms with Crippen LogP contribution in [0, 0.1) is 0 Å². The van der Waals surface area contributed by atoms with Crippen LogP contribution in [0.25, 0.3) is 0 Å². The number of hydrogen-bond acceptors (Lipinski definition) is 6. The first-order chi connectivity index (χ1) is 14.3. The van der Waals surface area contributed by atoms with Gasteiger partial charge in [-0.05, 0) is 52.3 Å². The number of halogens is 1. The molecule has 2 amide bonds. The summed E-state index contributed by atoms with van der Waals surface area (Å²) in [5.74, 6) is -0.268. The van der Waals surface area contributed by atoms with Crippen molar-refractivity contribution < 1.29 is 23.8 Å². The van der Waals surface area contributed by atoms with E-state index in [2.05, 4.69) is 0 Å². The van der Waals surface area contributed by atoms with Crippen molar-refractivity contribution in [2.45, 2.75) is 58.5 Å². The van der Waals surface area contributed by atoms with E-state index in [-0.39, 0.29) is 25.1 Å². The fraction of sp³-hybridized carbons (Fsp3) is 0.636. The zero-order valence-corrected chi connectivity index (χ0v) is 18.9. The van der Waals surface area contributed by atoms with Gasteiger partial charge in [-0.25, -0.2) is 9.18 Å². The molecule has 0 radical (unpaired) electrons. The van der Waals surface area contributed by atoms with Gasteiger partial charge in [0.15, 0.2) is 0 Å². The number of rotatable bonds is 4. The van der Waals surface area contributed by atoms with Gasteiger partial charge in [0.05, 0.1) is 23.5 Å². The molecule has 31 heavy (non-hydrogen) atoms. The topological polar surface area (TPSA) is 99.3 Å². The SMILES string of the molecule is CC(C)(C)OC(=O)N1CCN(c2cc3c(cc2N)CN(C[C@@H](F)C(C)(C)O)C3=O)CC1. The van der Waals surface area contributed by atoms with Crippen molar-refractivity contribution in [3.05, 3.63) is 23.3 Å². The summed E-state index contributed by atoms with van der Waals surface area (Å²) in [7, 11) is 0. The summed E-state index contributed by atoms with van der Waals surface area (Å²) in [6, 6.07) is 3.52. The number of aliphatic hydroxyl groups is 1. The lowest BCUT2D eigenvalue weighted by atomic mass is 10.0. The van der Waals surface area contributed by atoms with Gasteiger partial charge in [0.25, 0.3) is 5.91 Å². The Bertz CT molecular complexity index is 854. The average Bonchev–Trinajstić information content (AvgIpc) is 2.93. The van der Waals surface area contributed by atoms with Crippen LogP contribution < -0.4 is 10.6 Å². The molecular weight excluding hydrogens is 403 g/mol. The van der Waals surface area contributed by atoms with Crippen LogP contribution in [0.15, 0.2) is 12.1 Å². The molecule has 0 saturated carbocycles. The summed E-state index contributed by atoms with van der Waals surface area (Å²) in [5.41, 5.74) is 6.73. The van der Waals surface area contributed by atoms with Crippen LogP contribution in [-0.4, -0.2) is 77.0 Å². The molecule has 3 rings (SSSR count). The smallest absolute Gasteiger partial charge is 0.410 e. The van der Waals surface area contributed by atoms with E-state index in [1.54, 1.807) is 17.0 Å². The van der Waals surface area contributed by atoms with Gasteiger partial charge in [0.2, 0.25) is 0 Å². The van der Waals surface area contributed by atoms with Crippen molar-refractivity contribution >= 4 is 23.4 Å². The summed E-state index contributed by atoms with van der Waals surface area (Å²) in [6.07, 6.45) is -1.89. The fourth-order valence-corrected chi connectivity index (χ4v) is 3.72. The minimum atomic E-state index is -1.55. The third-order valence-corrected chi connectivity index (χ3v) is 5.55. The minimum absolute atomic E-state index is 0.180. The number of carbonyl (C=O) groups excluding carboxylic acids is 2. The minimum Gasteiger partial charge on any atom is -0.444 e. The zero-order chi connectivity index (χ0) is 23.1. The number of benzene rings is 1. The lowest BCUT2D eigenvalue weighted by Crippen LogP contribution is -2.50. The molecule has 0 unspecified atom stereocenters.